The predicted molar refractivity (Wildman–Crippen MR) is 345 cm³/mol. The Morgan fingerprint density at radius 2 is 0.535 bits per heavy atom. The van der Waals surface area contributed by atoms with Crippen LogP contribution in [0, 0.1) is 11.8 Å². The van der Waals surface area contributed by atoms with E-state index in [1.807, 2.05) is 0 Å². The minimum Gasteiger partial charge on any atom is -0.462 e. The maximum atomic E-state index is 13.0. The van der Waals surface area contributed by atoms with Gasteiger partial charge in [0.1, 0.15) is 19.3 Å². The van der Waals surface area contributed by atoms with Crippen molar-refractivity contribution >= 4 is 39.5 Å². The number of phosphoric acid groups is 2. The Morgan fingerprint density at radius 3 is 0.791 bits per heavy atom. The van der Waals surface area contributed by atoms with Crippen molar-refractivity contribution in [2.75, 3.05) is 39.6 Å². The van der Waals surface area contributed by atoms with Gasteiger partial charge in [0.2, 0.25) is 0 Å². The van der Waals surface area contributed by atoms with E-state index in [4.69, 9.17) is 37.0 Å². The third kappa shape index (κ3) is 60.9. The molecule has 0 bridgehead atoms. The lowest BCUT2D eigenvalue weighted by atomic mass is 10.0. The van der Waals surface area contributed by atoms with E-state index in [0.29, 0.717) is 25.7 Å². The quantitative estimate of drug-likeness (QED) is 0.0222. The summed E-state index contributed by atoms with van der Waals surface area (Å²) in [5, 5.41) is 10.5. The van der Waals surface area contributed by atoms with Crippen LogP contribution in [-0.2, 0) is 65.4 Å². The molecule has 0 amide bonds. The fourth-order valence-corrected chi connectivity index (χ4v) is 11.6. The first-order valence-electron chi connectivity index (χ1n) is 35.0. The van der Waals surface area contributed by atoms with Gasteiger partial charge in [-0.15, -0.1) is 0 Å². The molecule has 0 saturated carbocycles. The maximum absolute atomic E-state index is 13.0. The van der Waals surface area contributed by atoms with E-state index in [0.717, 1.165) is 108 Å². The number of carbonyl (C=O) groups is 4. The molecule has 0 rings (SSSR count). The van der Waals surface area contributed by atoms with Crippen LogP contribution >= 0.6 is 15.6 Å². The lowest BCUT2D eigenvalue weighted by molar-refractivity contribution is -0.161. The van der Waals surface area contributed by atoms with E-state index >= 15 is 0 Å². The van der Waals surface area contributed by atoms with Gasteiger partial charge in [-0.05, 0) is 37.5 Å². The number of aliphatic hydroxyl groups is 1. The van der Waals surface area contributed by atoms with Gasteiger partial charge in [0.25, 0.3) is 0 Å². The van der Waals surface area contributed by atoms with Gasteiger partial charge >= 0.3 is 39.5 Å². The fraction of sp³-hybridized carbons (Fsp3) is 0.940. The van der Waals surface area contributed by atoms with Gasteiger partial charge in [-0.1, -0.05) is 286 Å². The Morgan fingerprint density at radius 1 is 0.314 bits per heavy atom. The zero-order valence-electron chi connectivity index (χ0n) is 55.6. The summed E-state index contributed by atoms with van der Waals surface area (Å²) in [6.07, 6.45) is 43.5. The SMILES string of the molecule is CCCCCCCCCCCC(=O)O[C@H](COC(=O)CCCCCCC)COP(=O)(O)OC[C@H](O)COP(=O)(O)OC[C@@H](COC(=O)CCCCCCCCCCCCC(C)C)OC(=O)CCCCCCCCCCCCCCCCCCC(C)C. The number of phosphoric ester groups is 2. The van der Waals surface area contributed by atoms with Crippen LogP contribution in [0.1, 0.15) is 337 Å². The molecule has 0 aromatic heterocycles. The molecule has 0 aliphatic heterocycles. The molecule has 0 saturated heterocycles. The number of hydrogen-bond acceptors (Lipinski definition) is 15. The van der Waals surface area contributed by atoms with Crippen molar-refractivity contribution < 1.29 is 80.2 Å². The number of esters is 4. The monoisotopic (exact) mass is 1270 g/mol. The van der Waals surface area contributed by atoms with Crippen molar-refractivity contribution in [2.45, 2.75) is 355 Å². The molecule has 3 N–H and O–H groups in total. The molecule has 510 valence electrons. The molecule has 0 aromatic rings. The predicted octanol–water partition coefficient (Wildman–Crippen LogP) is 18.8. The number of carbonyl (C=O) groups excluding carboxylic acids is 4. The van der Waals surface area contributed by atoms with E-state index in [9.17, 15) is 43.2 Å². The van der Waals surface area contributed by atoms with E-state index < -0.39 is 97.5 Å². The first-order valence-corrected chi connectivity index (χ1v) is 38.0. The summed E-state index contributed by atoms with van der Waals surface area (Å²) in [6, 6.07) is 0. The molecule has 19 heteroatoms. The van der Waals surface area contributed by atoms with Crippen LogP contribution in [-0.4, -0.2) is 96.7 Å². The molecule has 2 unspecified atom stereocenters. The summed E-state index contributed by atoms with van der Waals surface area (Å²) < 4.78 is 67.9. The zero-order chi connectivity index (χ0) is 63.6. The van der Waals surface area contributed by atoms with Gasteiger partial charge < -0.3 is 33.8 Å². The highest BCUT2D eigenvalue weighted by Gasteiger charge is 2.30. The first kappa shape index (κ1) is 84.1. The Balaban J connectivity index is 5.13. The fourth-order valence-electron chi connectivity index (χ4n) is 10.1. The van der Waals surface area contributed by atoms with Crippen molar-refractivity contribution in [3.8, 4) is 0 Å². The second-order valence-electron chi connectivity index (χ2n) is 25.2. The largest absolute Gasteiger partial charge is 0.472 e. The maximum Gasteiger partial charge on any atom is 0.472 e. The van der Waals surface area contributed by atoms with E-state index in [-0.39, 0.29) is 25.7 Å². The third-order valence-electron chi connectivity index (χ3n) is 15.5. The number of aliphatic hydroxyl groups excluding tert-OH is 1. The van der Waals surface area contributed by atoms with Gasteiger partial charge in [-0.2, -0.15) is 0 Å². The van der Waals surface area contributed by atoms with E-state index in [1.54, 1.807) is 0 Å². The normalized spacial score (nSPS) is 14.2. The topological polar surface area (TPSA) is 237 Å². The summed E-state index contributed by atoms with van der Waals surface area (Å²) in [5.41, 5.74) is 0. The van der Waals surface area contributed by atoms with Crippen molar-refractivity contribution in [1.82, 2.24) is 0 Å². The van der Waals surface area contributed by atoms with E-state index in [1.165, 1.54) is 148 Å². The summed E-state index contributed by atoms with van der Waals surface area (Å²) in [4.78, 5) is 72.0. The highest BCUT2D eigenvalue weighted by molar-refractivity contribution is 7.47. The van der Waals surface area contributed by atoms with Gasteiger partial charge in [0.05, 0.1) is 26.4 Å². The van der Waals surface area contributed by atoms with Crippen LogP contribution < -0.4 is 0 Å². The molecule has 17 nitrogen and oxygen atoms in total. The molecular weight excluding hydrogens is 1140 g/mol. The number of ether oxygens (including phenoxy) is 4. The van der Waals surface area contributed by atoms with Gasteiger partial charge in [-0.3, -0.25) is 37.3 Å². The van der Waals surface area contributed by atoms with Crippen LogP contribution in [0.3, 0.4) is 0 Å². The van der Waals surface area contributed by atoms with Gasteiger partial charge in [-0.25, -0.2) is 9.13 Å². The average molecular weight is 1270 g/mol. The lowest BCUT2D eigenvalue weighted by Crippen LogP contribution is -2.30. The summed E-state index contributed by atoms with van der Waals surface area (Å²) >= 11 is 0. The van der Waals surface area contributed by atoms with Crippen molar-refractivity contribution in [3.63, 3.8) is 0 Å². The van der Waals surface area contributed by atoms with Crippen molar-refractivity contribution in [1.29, 1.82) is 0 Å². The lowest BCUT2D eigenvalue weighted by Gasteiger charge is -2.21. The highest BCUT2D eigenvalue weighted by Crippen LogP contribution is 2.45. The molecule has 0 spiro atoms. The molecular formula is C67H130O17P2. The molecule has 0 aliphatic carbocycles. The van der Waals surface area contributed by atoms with Gasteiger partial charge in [0, 0.05) is 25.7 Å². The minimum absolute atomic E-state index is 0.105. The zero-order valence-corrected chi connectivity index (χ0v) is 57.4. The molecule has 86 heavy (non-hydrogen) atoms. The Hall–Kier alpha value is -1.94. The second-order valence-corrected chi connectivity index (χ2v) is 28.1. The highest BCUT2D eigenvalue weighted by atomic mass is 31.2. The number of hydrogen-bond donors (Lipinski definition) is 3. The van der Waals surface area contributed by atoms with Crippen LogP contribution in [0.5, 0.6) is 0 Å². The number of unbranched alkanes of at least 4 members (excludes halogenated alkanes) is 36. The summed E-state index contributed by atoms with van der Waals surface area (Å²) in [6.45, 7) is 9.44. The first-order chi connectivity index (χ1) is 41.4. The molecule has 0 radical (unpaired) electrons. The molecule has 0 aliphatic rings. The minimum atomic E-state index is -4.95. The Labute approximate surface area is 524 Å². The Kier molecular flexibility index (Phi) is 58.0. The Bertz CT molecular complexity index is 1680. The third-order valence-corrected chi connectivity index (χ3v) is 17.4. The molecule has 0 aromatic carbocycles. The standard InChI is InChI=1S/C67H130O17P2/c1-7-9-11-13-14-25-33-39-45-51-66(71)83-62(55-77-64(69)49-43-35-12-10-8-2)57-81-85(73,74)79-53-61(68)54-80-86(75,76)82-58-63(56-78-65(70)50-44-38-32-28-24-23-27-31-37-42-48-60(5)6)84-67(72)52-46-40-34-29-22-20-18-16-15-17-19-21-26-30-36-41-47-59(3)4/h59-63,68H,7-58H2,1-6H3,(H,73,74)(H,75,76)/t61-,62+,63+/m0/s1. The smallest absolute Gasteiger partial charge is 0.462 e. The molecule has 0 heterocycles. The van der Waals surface area contributed by atoms with Crippen molar-refractivity contribution in [2.24, 2.45) is 11.8 Å². The van der Waals surface area contributed by atoms with E-state index in [2.05, 4.69) is 41.5 Å². The molecule has 0 fully saturated rings. The van der Waals surface area contributed by atoms with Crippen LogP contribution in [0.4, 0.5) is 0 Å². The number of rotatable bonds is 66. The van der Waals surface area contributed by atoms with Crippen molar-refractivity contribution in [3.05, 3.63) is 0 Å². The summed E-state index contributed by atoms with van der Waals surface area (Å²) in [7, 11) is -9.88. The summed E-state index contributed by atoms with van der Waals surface area (Å²) in [5.74, 6) is -0.573. The van der Waals surface area contributed by atoms with Gasteiger partial charge in [0.15, 0.2) is 12.2 Å². The second kappa shape index (κ2) is 59.4. The van der Waals surface area contributed by atoms with Crippen LogP contribution in [0.25, 0.3) is 0 Å². The molecule has 5 atom stereocenters. The van der Waals surface area contributed by atoms with Crippen LogP contribution in [0.2, 0.25) is 0 Å². The average Bonchev–Trinajstić information content (AvgIpc) is 3.69. The van der Waals surface area contributed by atoms with Crippen LogP contribution in [0.15, 0.2) is 0 Å².